The van der Waals surface area contributed by atoms with Gasteiger partial charge in [0.25, 0.3) is 0 Å². The van der Waals surface area contributed by atoms with Crippen molar-refractivity contribution in [2.75, 3.05) is 11.1 Å². The van der Waals surface area contributed by atoms with E-state index in [9.17, 15) is 10.1 Å². The smallest absolute Gasteiger partial charge is 0.329 e. The molecule has 1 atom stereocenters. The molecule has 3 rings (SSSR count). The van der Waals surface area contributed by atoms with Gasteiger partial charge in [0.05, 0.1) is 16.7 Å². The number of hydrogen-bond donors (Lipinski definition) is 2. The second-order valence-electron chi connectivity index (χ2n) is 5.47. The van der Waals surface area contributed by atoms with Gasteiger partial charge < -0.3 is 11.1 Å². The molecule has 0 radical (unpaired) electrons. The number of rotatable bonds is 5. The molecule has 0 spiro atoms. The van der Waals surface area contributed by atoms with Crippen molar-refractivity contribution in [2.45, 2.75) is 13.0 Å². The first-order valence-electron chi connectivity index (χ1n) is 7.55. The van der Waals surface area contributed by atoms with Crippen molar-refractivity contribution in [1.82, 2.24) is 15.0 Å². The molecular formula is C17H16N6O2. The highest BCUT2D eigenvalue weighted by Crippen LogP contribution is 2.26. The number of nitrogens with one attached hydrogen (secondary N) is 1. The maximum Gasteiger partial charge on any atom is 0.329 e. The molecule has 0 bridgehead atoms. The van der Waals surface area contributed by atoms with E-state index in [1.54, 1.807) is 6.20 Å². The summed E-state index contributed by atoms with van der Waals surface area (Å²) in [7, 11) is 0. The molecule has 25 heavy (non-hydrogen) atoms. The average Bonchev–Trinajstić information content (AvgIpc) is 2.60. The molecule has 3 N–H and O–H groups in total. The average molecular weight is 336 g/mol. The number of nitrogen functional groups attached to an aromatic ring is 1. The highest BCUT2D eigenvalue weighted by molar-refractivity contribution is 5.54. The van der Waals surface area contributed by atoms with Gasteiger partial charge in [-0.15, -0.1) is 0 Å². The van der Waals surface area contributed by atoms with Gasteiger partial charge >= 0.3 is 5.69 Å². The number of nitrogens with two attached hydrogens (primary N) is 1. The SMILES string of the molecule is Cc1cccc(C(Nc2ncc([N+](=O)[O-])c(N)n2)c2ccccn2)c1. The van der Waals surface area contributed by atoms with E-state index in [4.69, 9.17) is 5.73 Å². The maximum atomic E-state index is 10.9. The van der Waals surface area contributed by atoms with Crippen LogP contribution in [-0.4, -0.2) is 19.9 Å². The molecule has 0 amide bonds. The van der Waals surface area contributed by atoms with Gasteiger partial charge in [0.1, 0.15) is 6.20 Å². The second kappa shape index (κ2) is 6.91. The lowest BCUT2D eigenvalue weighted by Crippen LogP contribution is -2.16. The van der Waals surface area contributed by atoms with Crippen LogP contribution >= 0.6 is 0 Å². The van der Waals surface area contributed by atoms with Gasteiger partial charge in [0.2, 0.25) is 11.8 Å². The summed E-state index contributed by atoms with van der Waals surface area (Å²) in [6.45, 7) is 2.00. The third kappa shape index (κ3) is 3.69. The van der Waals surface area contributed by atoms with Crippen molar-refractivity contribution in [3.05, 3.63) is 81.8 Å². The minimum atomic E-state index is -0.615. The van der Waals surface area contributed by atoms with Gasteiger partial charge in [0.15, 0.2) is 0 Å². The van der Waals surface area contributed by atoms with Crippen LogP contribution in [-0.2, 0) is 0 Å². The Bertz CT molecular complexity index is 901. The zero-order chi connectivity index (χ0) is 17.8. The molecule has 126 valence electrons. The van der Waals surface area contributed by atoms with Crippen molar-refractivity contribution < 1.29 is 4.92 Å². The predicted octanol–water partition coefficient (Wildman–Crippen LogP) is 2.87. The van der Waals surface area contributed by atoms with E-state index in [1.807, 2.05) is 49.4 Å². The Labute approximate surface area is 143 Å². The number of benzene rings is 1. The molecule has 8 nitrogen and oxygen atoms in total. The van der Waals surface area contributed by atoms with E-state index in [2.05, 4.69) is 20.3 Å². The van der Waals surface area contributed by atoms with Crippen LogP contribution in [0.2, 0.25) is 0 Å². The van der Waals surface area contributed by atoms with Crippen molar-refractivity contribution in [3.8, 4) is 0 Å². The Hall–Kier alpha value is -3.55. The fourth-order valence-corrected chi connectivity index (χ4v) is 2.45. The largest absolute Gasteiger partial charge is 0.378 e. The zero-order valence-corrected chi connectivity index (χ0v) is 13.5. The third-order valence-electron chi connectivity index (χ3n) is 3.63. The van der Waals surface area contributed by atoms with Crippen LogP contribution < -0.4 is 11.1 Å². The second-order valence-corrected chi connectivity index (χ2v) is 5.47. The van der Waals surface area contributed by atoms with Crippen molar-refractivity contribution in [3.63, 3.8) is 0 Å². The molecular weight excluding hydrogens is 320 g/mol. The summed E-state index contributed by atoms with van der Waals surface area (Å²) in [6.07, 6.45) is 2.79. The molecule has 1 aromatic carbocycles. The van der Waals surface area contributed by atoms with Crippen LogP contribution in [0, 0.1) is 17.0 Å². The molecule has 8 heteroatoms. The molecule has 0 saturated carbocycles. The van der Waals surface area contributed by atoms with E-state index in [1.165, 1.54) is 0 Å². The van der Waals surface area contributed by atoms with Crippen molar-refractivity contribution in [2.24, 2.45) is 0 Å². The number of nitrogens with zero attached hydrogens (tertiary/aromatic N) is 4. The Kier molecular flexibility index (Phi) is 4.51. The van der Waals surface area contributed by atoms with Crippen LogP contribution in [0.25, 0.3) is 0 Å². The van der Waals surface area contributed by atoms with Crippen LogP contribution in [0.4, 0.5) is 17.5 Å². The Morgan fingerprint density at radius 2 is 2.04 bits per heavy atom. The summed E-state index contributed by atoms with van der Waals surface area (Å²) in [4.78, 5) is 22.6. The molecule has 2 heterocycles. The number of anilines is 2. The summed E-state index contributed by atoms with van der Waals surface area (Å²) in [6, 6.07) is 13.2. The number of hydrogen-bond acceptors (Lipinski definition) is 7. The predicted molar refractivity (Wildman–Crippen MR) is 94.0 cm³/mol. The van der Waals surface area contributed by atoms with Crippen LogP contribution in [0.5, 0.6) is 0 Å². The van der Waals surface area contributed by atoms with Gasteiger partial charge in [0, 0.05) is 6.20 Å². The molecule has 1 unspecified atom stereocenters. The van der Waals surface area contributed by atoms with Crippen LogP contribution in [0.15, 0.2) is 54.9 Å². The standard InChI is InChI=1S/C17H16N6O2/c1-11-5-4-6-12(9-11)15(13-7-2-3-8-19-13)21-17-20-10-14(23(24)25)16(18)22-17/h2-10,15H,1H3,(H3,18,20,21,22). The summed E-state index contributed by atoms with van der Waals surface area (Å²) in [5, 5.41) is 14.0. The van der Waals surface area contributed by atoms with E-state index >= 15 is 0 Å². The third-order valence-corrected chi connectivity index (χ3v) is 3.63. The normalized spacial score (nSPS) is 11.7. The van der Waals surface area contributed by atoms with Crippen molar-refractivity contribution >= 4 is 17.5 Å². The molecule has 3 aromatic rings. The molecule has 0 saturated heterocycles. The molecule has 0 aliphatic rings. The lowest BCUT2D eigenvalue weighted by molar-refractivity contribution is -0.384. The van der Waals surface area contributed by atoms with E-state index in [0.29, 0.717) is 0 Å². The first-order valence-corrected chi connectivity index (χ1v) is 7.55. The van der Waals surface area contributed by atoms with Gasteiger partial charge in [-0.3, -0.25) is 15.1 Å². The topological polar surface area (TPSA) is 120 Å². The molecule has 0 aliphatic carbocycles. The quantitative estimate of drug-likeness (QED) is 0.543. The summed E-state index contributed by atoms with van der Waals surface area (Å²) < 4.78 is 0. The highest BCUT2D eigenvalue weighted by Gasteiger charge is 2.19. The summed E-state index contributed by atoms with van der Waals surface area (Å²) in [5.74, 6) is 0.00627. The van der Waals surface area contributed by atoms with E-state index in [-0.39, 0.29) is 23.5 Å². The Morgan fingerprint density at radius 3 is 2.68 bits per heavy atom. The number of nitro groups is 1. The maximum absolute atomic E-state index is 10.9. The van der Waals surface area contributed by atoms with Gasteiger partial charge in [-0.2, -0.15) is 4.98 Å². The van der Waals surface area contributed by atoms with E-state index in [0.717, 1.165) is 23.0 Å². The fourth-order valence-electron chi connectivity index (χ4n) is 2.45. The zero-order valence-electron chi connectivity index (χ0n) is 13.5. The van der Waals surface area contributed by atoms with Gasteiger partial charge in [-0.05, 0) is 24.6 Å². The van der Waals surface area contributed by atoms with E-state index < -0.39 is 4.92 Å². The minimum absolute atomic E-state index is 0.188. The monoisotopic (exact) mass is 336 g/mol. The minimum Gasteiger partial charge on any atom is -0.378 e. The molecule has 2 aromatic heterocycles. The lowest BCUT2D eigenvalue weighted by Gasteiger charge is -2.19. The van der Waals surface area contributed by atoms with Crippen LogP contribution in [0.1, 0.15) is 22.9 Å². The Morgan fingerprint density at radius 1 is 1.20 bits per heavy atom. The number of aromatic nitrogens is 3. The lowest BCUT2D eigenvalue weighted by atomic mass is 10.0. The summed E-state index contributed by atoms with van der Waals surface area (Å²) >= 11 is 0. The first-order chi connectivity index (χ1) is 12.0. The van der Waals surface area contributed by atoms with Crippen molar-refractivity contribution in [1.29, 1.82) is 0 Å². The van der Waals surface area contributed by atoms with Gasteiger partial charge in [-0.25, -0.2) is 4.98 Å². The fraction of sp³-hybridized carbons (Fsp3) is 0.118. The first kappa shape index (κ1) is 16.3. The van der Waals surface area contributed by atoms with Gasteiger partial charge in [-0.1, -0.05) is 35.9 Å². The molecule has 0 fully saturated rings. The number of pyridine rings is 1. The van der Waals surface area contributed by atoms with Crippen LogP contribution in [0.3, 0.4) is 0 Å². The highest BCUT2D eigenvalue weighted by atomic mass is 16.6. The Balaban J connectivity index is 1.98. The molecule has 0 aliphatic heterocycles. The number of aryl methyl sites for hydroxylation is 1. The summed E-state index contributed by atoms with van der Waals surface area (Å²) in [5.41, 5.74) is 8.17.